The number of nitrogens with one attached hydrogen (secondary N) is 2. The summed E-state index contributed by atoms with van der Waals surface area (Å²) in [6, 6.07) is 4.31. The average molecular weight is 396 g/mol. The number of rotatable bonds is 5. The number of carbonyl (C=O) groups excluding carboxylic acids is 1. The van der Waals surface area contributed by atoms with Gasteiger partial charge in [-0.05, 0) is 36.8 Å². The molecule has 2 unspecified atom stereocenters. The quantitative estimate of drug-likeness (QED) is 0.799. The van der Waals surface area contributed by atoms with Crippen LogP contribution in [0, 0.1) is 5.92 Å². The zero-order valence-electron chi connectivity index (χ0n) is 13.7. The van der Waals surface area contributed by atoms with Crippen molar-refractivity contribution in [1.82, 2.24) is 15.5 Å². The van der Waals surface area contributed by atoms with E-state index in [0.717, 1.165) is 32.7 Å². The maximum absolute atomic E-state index is 12.1. The molecule has 2 N–H and O–H groups in total. The lowest BCUT2D eigenvalue weighted by Crippen LogP contribution is -2.49. The summed E-state index contributed by atoms with van der Waals surface area (Å²) in [5.41, 5.74) is 0. The second kappa shape index (κ2) is 11.3. The second-order valence-corrected chi connectivity index (χ2v) is 7.16. The van der Waals surface area contributed by atoms with Crippen molar-refractivity contribution in [3.05, 3.63) is 22.4 Å². The van der Waals surface area contributed by atoms with Gasteiger partial charge in [0, 0.05) is 37.6 Å². The van der Waals surface area contributed by atoms with Crippen molar-refractivity contribution in [2.45, 2.75) is 25.5 Å². The highest BCUT2D eigenvalue weighted by atomic mass is 35.5. The Labute approximate surface area is 160 Å². The molecule has 0 saturated carbocycles. The molecule has 0 spiro atoms. The normalized spacial score (nSPS) is 24.5. The first kappa shape index (κ1) is 21.7. The van der Waals surface area contributed by atoms with Crippen molar-refractivity contribution in [2.24, 2.45) is 5.92 Å². The van der Waals surface area contributed by atoms with Crippen LogP contribution in [0.1, 0.15) is 17.7 Å². The average Bonchev–Trinajstić information content (AvgIpc) is 3.07. The molecule has 3 heterocycles. The SMILES string of the molecule is Cl.Cl.O=C(NCC1CCCN(Cc2cccs2)C1)C1CNCCO1. The molecule has 1 aromatic rings. The summed E-state index contributed by atoms with van der Waals surface area (Å²) < 4.78 is 5.49. The number of halogens is 2. The van der Waals surface area contributed by atoms with Crippen LogP contribution in [0.15, 0.2) is 17.5 Å². The minimum Gasteiger partial charge on any atom is -0.366 e. The molecule has 1 aromatic heterocycles. The van der Waals surface area contributed by atoms with E-state index in [2.05, 4.69) is 33.0 Å². The predicted molar refractivity (Wildman–Crippen MR) is 102 cm³/mol. The van der Waals surface area contributed by atoms with E-state index < -0.39 is 0 Å². The molecule has 1 amide bonds. The van der Waals surface area contributed by atoms with Crippen LogP contribution in [-0.4, -0.2) is 56.2 Å². The Hall–Kier alpha value is -0.370. The van der Waals surface area contributed by atoms with Crippen molar-refractivity contribution >= 4 is 42.1 Å². The summed E-state index contributed by atoms with van der Waals surface area (Å²) >= 11 is 1.82. The van der Waals surface area contributed by atoms with Crippen LogP contribution in [-0.2, 0) is 16.1 Å². The molecule has 2 fully saturated rings. The summed E-state index contributed by atoms with van der Waals surface area (Å²) in [7, 11) is 0. The molecule has 0 aliphatic carbocycles. The molecule has 2 aliphatic heterocycles. The van der Waals surface area contributed by atoms with Crippen LogP contribution < -0.4 is 10.6 Å². The molecule has 0 aromatic carbocycles. The zero-order valence-corrected chi connectivity index (χ0v) is 16.2. The fourth-order valence-corrected chi connectivity index (χ4v) is 3.92. The van der Waals surface area contributed by atoms with Gasteiger partial charge in [-0.2, -0.15) is 0 Å². The number of hydrogen-bond donors (Lipinski definition) is 2. The van der Waals surface area contributed by atoms with E-state index in [4.69, 9.17) is 4.74 Å². The van der Waals surface area contributed by atoms with E-state index >= 15 is 0 Å². The van der Waals surface area contributed by atoms with Crippen molar-refractivity contribution in [3.8, 4) is 0 Å². The van der Waals surface area contributed by atoms with Crippen LogP contribution in [0.4, 0.5) is 0 Å². The predicted octanol–water partition coefficient (Wildman–Crippen LogP) is 1.91. The first-order valence-corrected chi connectivity index (χ1v) is 9.04. The first-order valence-electron chi connectivity index (χ1n) is 8.16. The molecule has 138 valence electrons. The number of morpholine rings is 1. The maximum Gasteiger partial charge on any atom is 0.250 e. The number of piperidine rings is 1. The smallest absolute Gasteiger partial charge is 0.250 e. The van der Waals surface area contributed by atoms with Crippen molar-refractivity contribution < 1.29 is 9.53 Å². The number of amides is 1. The van der Waals surface area contributed by atoms with Crippen LogP contribution in [0.3, 0.4) is 0 Å². The number of likely N-dealkylation sites (tertiary alicyclic amines) is 1. The number of thiophene rings is 1. The third-order valence-electron chi connectivity index (χ3n) is 4.35. The summed E-state index contributed by atoms with van der Waals surface area (Å²) in [6.45, 7) is 6.12. The van der Waals surface area contributed by atoms with Gasteiger partial charge >= 0.3 is 0 Å². The van der Waals surface area contributed by atoms with Gasteiger partial charge in [0.25, 0.3) is 0 Å². The topological polar surface area (TPSA) is 53.6 Å². The van der Waals surface area contributed by atoms with E-state index in [0.29, 0.717) is 19.1 Å². The molecule has 2 atom stereocenters. The van der Waals surface area contributed by atoms with Crippen LogP contribution in [0.25, 0.3) is 0 Å². The minimum absolute atomic E-state index is 0. The van der Waals surface area contributed by atoms with Gasteiger partial charge in [0.1, 0.15) is 6.10 Å². The van der Waals surface area contributed by atoms with Crippen LogP contribution >= 0.6 is 36.2 Å². The number of hydrogen-bond acceptors (Lipinski definition) is 5. The van der Waals surface area contributed by atoms with E-state index in [1.807, 2.05) is 11.3 Å². The third kappa shape index (κ3) is 6.50. The van der Waals surface area contributed by atoms with Gasteiger partial charge in [-0.1, -0.05) is 6.07 Å². The Morgan fingerprint density at radius 2 is 2.33 bits per heavy atom. The molecule has 2 saturated heterocycles. The standard InChI is InChI=1S/C16H25N3O2S.2ClH/c20-16(15-10-17-5-7-21-15)18-9-13-3-1-6-19(11-13)12-14-4-2-8-22-14;;/h2,4,8,13,15,17H,1,3,5-7,9-12H2,(H,18,20);2*1H. The molecule has 3 rings (SSSR count). The highest BCUT2D eigenvalue weighted by Gasteiger charge is 2.24. The second-order valence-electron chi connectivity index (χ2n) is 6.13. The zero-order chi connectivity index (χ0) is 15.2. The number of ether oxygens (including phenoxy) is 1. The van der Waals surface area contributed by atoms with E-state index in [9.17, 15) is 4.79 Å². The summed E-state index contributed by atoms with van der Waals surface area (Å²) in [5, 5.41) is 8.40. The monoisotopic (exact) mass is 395 g/mol. The molecule has 5 nitrogen and oxygen atoms in total. The molecule has 8 heteroatoms. The Bertz CT molecular complexity index is 470. The van der Waals surface area contributed by atoms with Gasteiger partial charge in [-0.3, -0.25) is 9.69 Å². The molecule has 0 radical (unpaired) electrons. The number of carbonyl (C=O) groups is 1. The fraction of sp³-hybridized carbons (Fsp3) is 0.688. The van der Waals surface area contributed by atoms with Gasteiger partial charge in [-0.15, -0.1) is 36.2 Å². The fourth-order valence-electron chi connectivity index (χ4n) is 3.18. The largest absolute Gasteiger partial charge is 0.366 e. The summed E-state index contributed by atoms with van der Waals surface area (Å²) in [5.74, 6) is 0.580. The lowest BCUT2D eigenvalue weighted by molar-refractivity contribution is -0.134. The highest BCUT2D eigenvalue weighted by Crippen LogP contribution is 2.20. The van der Waals surface area contributed by atoms with E-state index in [1.165, 1.54) is 17.7 Å². The summed E-state index contributed by atoms with van der Waals surface area (Å²) in [6.07, 6.45) is 2.10. The van der Waals surface area contributed by atoms with E-state index in [-0.39, 0.29) is 36.8 Å². The Kier molecular flexibility index (Phi) is 10.2. The van der Waals surface area contributed by atoms with Crippen LogP contribution in [0.5, 0.6) is 0 Å². The van der Waals surface area contributed by atoms with Crippen molar-refractivity contribution in [3.63, 3.8) is 0 Å². The third-order valence-corrected chi connectivity index (χ3v) is 5.21. The van der Waals surface area contributed by atoms with Gasteiger partial charge in [0.05, 0.1) is 6.61 Å². The maximum atomic E-state index is 12.1. The van der Waals surface area contributed by atoms with E-state index in [1.54, 1.807) is 0 Å². The van der Waals surface area contributed by atoms with Gasteiger partial charge in [0.15, 0.2) is 0 Å². The molecule has 0 bridgehead atoms. The van der Waals surface area contributed by atoms with Crippen LogP contribution in [0.2, 0.25) is 0 Å². The Balaban J connectivity index is 0.00000144. The Morgan fingerprint density at radius 3 is 3.04 bits per heavy atom. The minimum atomic E-state index is -0.320. The summed E-state index contributed by atoms with van der Waals surface area (Å²) in [4.78, 5) is 16.0. The molecule has 2 aliphatic rings. The Morgan fingerprint density at radius 1 is 1.46 bits per heavy atom. The number of nitrogens with zero attached hydrogens (tertiary/aromatic N) is 1. The first-order chi connectivity index (χ1) is 10.8. The van der Waals surface area contributed by atoms with Gasteiger partial charge < -0.3 is 15.4 Å². The molecular formula is C16H27Cl2N3O2S. The molecular weight excluding hydrogens is 369 g/mol. The lowest BCUT2D eigenvalue weighted by atomic mass is 9.98. The van der Waals surface area contributed by atoms with Gasteiger partial charge in [-0.25, -0.2) is 0 Å². The van der Waals surface area contributed by atoms with Crippen molar-refractivity contribution in [2.75, 3.05) is 39.3 Å². The lowest BCUT2D eigenvalue weighted by Gasteiger charge is -2.33. The van der Waals surface area contributed by atoms with Gasteiger partial charge in [0.2, 0.25) is 5.91 Å². The van der Waals surface area contributed by atoms with Crippen molar-refractivity contribution in [1.29, 1.82) is 0 Å². The molecule has 24 heavy (non-hydrogen) atoms. The highest BCUT2D eigenvalue weighted by molar-refractivity contribution is 7.09.